The van der Waals surface area contributed by atoms with Crippen LogP contribution in [0.3, 0.4) is 0 Å². The first-order chi connectivity index (χ1) is 17.8. The summed E-state index contributed by atoms with van der Waals surface area (Å²) in [4.78, 5) is 19.1. The Morgan fingerprint density at radius 2 is 1.86 bits per heavy atom. The Hall–Kier alpha value is -2.97. The molecule has 0 radical (unpaired) electrons. The van der Waals surface area contributed by atoms with E-state index in [4.69, 9.17) is 34.8 Å². The van der Waals surface area contributed by atoms with Gasteiger partial charge in [0.15, 0.2) is 0 Å². The van der Waals surface area contributed by atoms with Gasteiger partial charge in [0.1, 0.15) is 5.82 Å². The van der Waals surface area contributed by atoms with E-state index in [-0.39, 0.29) is 17.6 Å². The second-order valence-corrected chi connectivity index (χ2v) is 9.97. The lowest BCUT2D eigenvalue weighted by Gasteiger charge is -2.27. The van der Waals surface area contributed by atoms with Crippen LogP contribution in [0.1, 0.15) is 22.4 Å². The maximum absolute atomic E-state index is 13.7. The number of hydrogen-bond donors (Lipinski definition) is 1. The standard InChI is InChI=1S/C27H21Cl3F2N4O/c28-20-4-3-16(10-23(20)31)2-1-8-35-9-6-24-19(15-35)18-12-21(29)22(30)13-25(18)36(24)27(37)34-14-17-5-7-33-26(32)11-17/h1-5,7,10-13H,6,8-9,14-15H2,(H,34,37). The van der Waals surface area contributed by atoms with E-state index in [1.165, 1.54) is 24.4 Å². The highest BCUT2D eigenvalue weighted by molar-refractivity contribution is 6.42. The maximum Gasteiger partial charge on any atom is 0.326 e. The third-order valence-corrected chi connectivity index (χ3v) is 7.35. The lowest BCUT2D eigenvalue weighted by atomic mass is 10.0. The number of carbonyl (C=O) groups is 1. The third kappa shape index (κ3) is 5.50. The number of nitrogens with zero attached hydrogens (tertiary/aromatic N) is 3. The lowest BCUT2D eigenvalue weighted by molar-refractivity contribution is 0.240. The summed E-state index contributed by atoms with van der Waals surface area (Å²) in [6, 6.07) is 10.8. The lowest BCUT2D eigenvalue weighted by Crippen LogP contribution is -2.34. The summed E-state index contributed by atoms with van der Waals surface area (Å²) in [6.07, 6.45) is 5.81. The number of aromatic nitrogens is 2. The Morgan fingerprint density at radius 3 is 2.65 bits per heavy atom. The van der Waals surface area contributed by atoms with E-state index < -0.39 is 11.8 Å². The number of amides is 1. The molecule has 1 aliphatic heterocycles. The predicted octanol–water partition coefficient (Wildman–Crippen LogP) is 7.10. The average Bonchev–Trinajstić information content (AvgIpc) is 3.17. The molecule has 0 aliphatic carbocycles. The molecule has 1 N–H and O–H groups in total. The molecule has 2 aromatic carbocycles. The number of pyridine rings is 1. The van der Waals surface area contributed by atoms with Gasteiger partial charge >= 0.3 is 6.03 Å². The van der Waals surface area contributed by atoms with Gasteiger partial charge in [-0.25, -0.2) is 14.2 Å². The molecule has 0 saturated carbocycles. The molecule has 10 heteroatoms. The van der Waals surface area contributed by atoms with E-state index in [2.05, 4.69) is 15.2 Å². The van der Waals surface area contributed by atoms with Gasteiger partial charge in [-0.1, -0.05) is 53.0 Å². The Balaban J connectivity index is 1.39. The summed E-state index contributed by atoms with van der Waals surface area (Å²) in [5, 5.41) is 4.56. The van der Waals surface area contributed by atoms with Gasteiger partial charge in [-0.15, -0.1) is 0 Å². The topological polar surface area (TPSA) is 50.2 Å². The normalized spacial score (nSPS) is 13.9. The van der Waals surface area contributed by atoms with Gasteiger partial charge in [-0.05, 0) is 53.1 Å². The minimum atomic E-state index is -0.604. The Bertz CT molecular complexity index is 1540. The van der Waals surface area contributed by atoms with Crippen molar-refractivity contribution in [3.8, 4) is 0 Å². The van der Waals surface area contributed by atoms with Gasteiger partial charge in [0.25, 0.3) is 0 Å². The van der Waals surface area contributed by atoms with Crippen LogP contribution in [0.5, 0.6) is 0 Å². The number of benzene rings is 2. The zero-order chi connectivity index (χ0) is 26.1. The molecule has 0 fully saturated rings. The van der Waals surface area contributed by atoms with Crippen molar-refractivity contribution < 1.29 is 13.6 Å². The maximum atomic E-state index is 13.7. The molecule has 0 unspecified atom stereocenters. The minimum Gasteiger partial charge on any atom is -0.333 e. The molecule has 1 aliphatic rings. The van der Waals surface area contributed by atoms with Gasteiger partial charge in [0.2, 0.25) is 5.95 Å². The zero-order valence-corrected chi connectivity index (χ0v) is 21.7. The molecular formula is C27H21Cl3F2N4O. The fourth-order valence-corrected chi connectivity index (χ4v) is 4.99. The molecule has 4 aromatic rings. The van der Waals surface area contributed by atoms with Gasteiger partial charge < -0.3 is 5.32 Å². The molecule has 5 nitrogen and oxygen atoms in total. The molecule has 0 bridgehead atoms. The van der Waals surface area contributed by atoms with Crippen LogP contribution in [-0.2, 0) is 19.5 Å². The Labute approximate surface area is 227 Å². The minimum absolute atomic E-state index is 0.0906. The van der Waals surface area contributed by atoms with Crippen molar-refractivity contribution in [2.75, 3.05) is 13.1 Å². The van der Waals surface area contributed by atoms with Gasteiger partial charge in [0, 0.05) is 49.9 Å². The molecule has 3 heterocycles. The quantitative estimate of drug-likeness (QED) is 0.264. The average molecular weight is 562 g/mol. The smallest absolute Gasteiger partial charge is 0.326 e. The number of rotatable bonds is 5. The number of hydrogen-bond acceptors (Lipinski definition) is 3. The van der Waals surface area contributed by atoms with E-state index in [0.717, 1.165) is 22.2 Å². The molecule has 2 aromatic heterocycles. The fraction of sp³-hybridized carbons (Fsp3) is 0.185. The molecule has 5 rings (SSSR count). The summed E-state index contributed by atoms with van der Waals surface area (Å²) in [7, 11) is 0. The first-order valence-corrected chi connectivity index (χ1v) is 12.7. The summed E-state index contributed by atoms with van der Waals surface area (Å²) in [5.74, 6) is -1.06. The van der Waals surface area contributed by atoms with Crippen LogP contribution in [0.15, 0.2) is 54.7 Å². The van der Waals surface area contributed by atoms with E-state index in [0.29, 0.717) is 47.2 Å². The highest BCUT2D eigenvalue weighted by Crippen LogP contribution is 2.36. The van der Waals surface area contributed by atoms with Crippen LogP contribution in [0.25, 0.3) is 17.0 Å². The van der Waals surface area contributed by atoms with E-state index in [1.54, 1.807) is 28.8 Å². The SMILES string of the molecule is O=C(NCc1ccnc(F)c1)n1c2c(c3cc(Cl)c(Cl)cc31)CN(CC=Cc1ccc(Cl)c(F)c1)CC2. The van der Waals surface area contributed by atoms with Crippen molar-refractivity contribution in [3.05, 3.63) is 104 Å². The van der Waals surface area contributed by atoms with Crippen LogP contribution < -0.4 is 5.32 Å². The molecule has 0 saturated heterocycles. The molecule has 37 heavy (non-hydrogen) atoms. The van der Waals surface area contributed by atoms with Crippen LogP contribution in [-0.4, -0.2) is 33.6 Å². The van der Waals surface area contributed by atoms with Gasteiger partial charge in [0.05, 0.1) is 20.6 Å². The van der Waals surface area contributed by atoms with Crippen LogP contribution in [0.2, 0.25) is 15.1 Å². The molecule has 190 valence electrons. The van der Waals surface area contributed by atoms with E-state index >= 15 is 0 Å². The summed E-state index contributed by atoms with van der Waals surface area (Å²) >= 11 is 18.4. The van der Waals surface area contributed by atoms with Crippen LogP contribution in [0.4, 0.5) is 13.6 Å². The third-order valence-electron chi connectivity index (χ3n) is 6.32. The van der Waals surface area contributed by atoms with Crippen molar-refractivity contribution in [1.29, 1.82) is 0 Å². The molecule has 1 amide bonds. The van der Waals surface area contributed by atoms with Crippen molar-refractivity contribution in [1.82, 2.24) is 19.8 Å². The Morgan fingerprint density at radius 1 is 1.05 bits per heavy atom. The van der Waals surface area contributed by atoms with Crippen molar-refractivity contribution in [3.63, 3.8) is 0 Å². The summed E-state index contributed by atoms with van der Waals surface area (Å²) < 4.78 is 28.8. The number of nitrogens with one attached hydrogen (secondary N) is 1. The van der Waals surface area contributed by atoms with Crippen molar-refractivity contribution in [2.45, 2.75) is 19.5 Å². The molecular weight excluding hydrogens is 541 g/mol. The number of halogens is 5. The number of fused-ring (bicyclic) bond motifs is 3. The fourth-order valence-electron chi connectivity index (χ4n) is 4.56. The van der Waals surface area contributed by atoms with Crippen molar-refractivity contribution >= 4 is 57.8 Å². The zero-order valence-electron chi connectivity index (χ0n) is 19.4. The molecule has 0 atom stereocenters. The number of carbonyl (C=O) groups excluding carboxylic acids is 1. The Kier molecular flexibility index (Phi) is 7.49. The van der Waals surface area contributed by atoms with Crippen LogP contribution >= 0.6 is 34.8 Å². The van der Waals surface area contributed by atoms with E-state index in [9.17, 15) is 13.6 Å². The van der Waals surface area contributed by atoms with E-state index in [1.807, 2.05) is 12.2 Å². The highest BCUT2D eigenvalue weighted by Gasteiger charge is 2.27. The monoisotopic (exact) mass is 560 g/mol. The predicted molar refractivity (Wildman–Crippen MR) is 143 cm³/mol. The second-order valence-electron chi connectivity index (χ2n) is 8.75. The van der Waals surface area contributed by atoms with Crippen molar-refractivity contribution in [2.24, 2.45) is 0 Å². The first-order valence-electron chi connectivity index (χ1n) is 11.5. The highest BCUT2D eigenvalue weighted by atomic mass is 35.5. The molecule has 0 spiro atoms. The van der Waals surface area contributed by atoms with Crippen LogP contribution in [0, 0.1) is 11.8 Å². The van der Waals surface area contributed by atoms with Gasteiger partial charge in [-0.2, -0.15) is 4.39 Å². The summed E-state index contributed by atoms with van der Waals surface area (Å²) in [5.41, 5.74) is 3.86. The van der Waals surface area contributed by atoms with Gasteiger partial charge in [-0.3, -0.25) is 9.47 Å². The first kappa shape index (κ1) is 25.7. The summed E-state index contributed by atoms with van der Waals surface area (Å²) in [6.45, 7) is 2.10. The second kappa shape index (κ2) is 10.8. The largest absolute Gasteiger partial charge is 0.333 e.